The maximum atomic E-state index is 7.33. The molecule has 0 aliphatic carbocycles. The molecule has 1 heterocycles. The number of rotatable bonds is 5. The molecule has 0 amide bonds. The van der Waals surface area contributed by atoms with Crippen molar-refractivity contribution in [3.63, 3.8) is 0 Å². The van der Waals surface area contributed by atoms with Gasteiger partial charge in [-0.05, 0) is 35.9 Å². The smallest absolute Gasteiger partial charge is 0.180 e. The van der Waals surface area contributed by atoms with Gasteiger partial charge >= 0.3 is 0 Å². The molecule has 0 bridgehead atoms. The molecule has 0 fully saturated rings. The Morgan fingerprint density at radius 2 is 1.86 bits per heavy atom. The van der Waals surface area contributed by atoms with Crippen molar-refractivity contribution < 1.29 is 0 Å². The van der Waals surface area contributed by atoms with Gasteiger partial charge in [-0.3, -0.25) is 15.4 Å². The van der Waals surface area contributed by atoms with Crippen molar-refractivity contribution >= 4 is 33.9 Å². The van der Waals surface area contributed by atoms with Crippen LogP contribution in [0, 0.1) is 10.8 Å². The normalized spacial score (nSPS) is 10.5. The van der Waals surface area contributed by atoms with Crippen molar-refractivity contribution in [1.29, 1.82) is 10.8 Å². The number of imidazole rings is 1. The van der Waals surface area contributed by atoms with E-state index >= 15 is 0 Å². The highest BCUT2D eigenvalue weighted by atomic mass is 32.2. The molecule has 0 saturated carbocycles. The van der Waals surface area contributed by atoms with E-state index in [4.69, 9.17) is 22.3 Å². The van der Waals surface area contributed by atoms with E-state index in [1.807, 2.05) is 35.0 Å². The number of hydrogen-bond donors (Lipinski definition) is 4. The summed E-state index contributed by atoms with van der Waals surface area (Å²) in [4.78, 5) is 4.19. The molecule has 6 N–H and O–H groups in total. The summed E-state index contributed by atoms with van der Waals surface area (Å²) < 4.78 is 1.89. The van der Waals surface area contributed by atoms with Gasteiger partial charge < -0.3 is 11.5 Å². The third-order valence-electron chi connectivity index (χ3n) is 2.67. The highest BCUT2D eigenvalue weighted by Crippen LogP contribution is 2.20. The Bertz CT molecular complexity index is 634. The average molecular weight is 320 g/mol. The monoisotopic (exact) mass is 320 g/mol. The third-order valence-corrected chi connectivity index (χ3v) is 4.09. The Morgan fingerprint density at radius 3 is 2.48 bits per heavy atom. The molecule has 0 atom stereocenters. The lowest BCUT2D eigenvalue weighted by atomic mass is 10.1. The highest BCUT2D eigenvalue weighted by molar-refractivity contribution is 8.13. The van der Waals surface area contributed by atoms with E-state index in [1.54, 1.807) is 6.20 Å². The lowest BCUT2D eigenvalue weighted by molar-refractivity contribution is 0.897. The second-order valence-corrected chi connectivity index (χ2v) is 6.32. The lowest BCUT2D eigenvalue weighted by Crippen LogP contribution is -2.06. The lowest BCUT2D eigenvalue weighted by Gasteiger charge is -2.08. The van der Waals surface area contributed by atoms with Crippen LogP contribution >= 0.6 is 23.5 Å². The Labute approximate surface area is 131 Å². The predicted molar refractivity (Wildman–Crippen MR) is 89.4 cm³/mol. The minimum Gasteiger partial charge on any atom is -0.379 e. The third kappa shape index (κ3) is 4.54. The fourth-order valence-electron chi connectivity index (χ4n) is 1.76. The molecule has 110 valence electrons. The summed E-state index contributed by atoms with van der Waals surface area (Å²) >= 11 is 2.46. The maximum absolute atomic E-state index is 7.33. The molecule has 0 radical (unpaired) electrons. The van der Waals surface area contributed by atoms with Crippen LogP contribution in [-0.4, -0.2) is 25.6 Å². The average Bonchev–Trinajstić information content (AvgIpc) is 2.86. The van der Waals surface area contributed by atoms with Gasteiger partial charge in [0.15, 0.2) is 15.5 Å². The zero-order valence-electron chi connectivity index (χ0n) is 11.2. The number of aryl methyl sites for hydroxylation is 1. The fraction of sp³-hybridized carbons (Fsp3) is 0.154. The first-order valence-electron chi connectivity index (χ1n) is 6.17. The summed E-state index contributed by atoms with van der Waals surface area (Å²) in [5.41, 5.74) is 12.9. The highest BCUT2D eigenvalue weighted by Gasteiger charge is 2.07. The summed E-state index contributed by atoms with van der Waals surface area (Å²) in [6.07, 6.45) is 4.39. The number of benzene rings is 1. The van der Waals surface area contributed by atoms with Gasteiger partial charge in [-0.1, -0.05) is 23.9 Å². The van der Waals surface area contributed by atoms with Crippen molar-refractivity contribution in [1.82, 2.24) is 9.55 Å². The van der Waals surface area contributed by atoms with Crippen molar-refractivity contribution in [3.05, 3.63) is 42.2 Å². The van der Waals surface area contributed by atoms with Gasteiger partial charge in [-0.15, -0.1) is 0 Å². The van der Waals surface area contributed by atoms with Crippen LogP contribution in [0.4, 0.5) is 0 Å². The molecule has 0 aliphatic heterocycles. The minimum absolute atomic E-state index is 0.0142. The number of nitrogens with zero attached hydrogens (tertiary/aromatic N) is 2. The Balaban J connectivity index is 2.07. The van der Waals surface area contributed by atoms with Gasteiger partial charge in [-0.25, -0.2) is 4.98 Å². The zero-order valence-corrected chi connectivity index (χ0v) is 12.9. The number of amidine groups is 2. The van der Waals surface area contributed by atoms with Crippen LogP contribution < -0.4 is 11.5 Å². The van der Waals surface area contributed by atoms with Gasteiger partial charge in [0, 0.05) is 23.8 Å². The second-order valence-electron chi connectivity index (χ2n) is 4.18. The molecule has 1 aromatic heterocycles. The number of nitrogens with two attached hydrogens (primary N) is 2. The molecule has 2 rings (SSSR count). The van der Waals surface area contributed by atoms with Crippen LogP contribution in [0.2, 0.25) is 0 Å². The largest absolute Gasteiger partial charge is 0.379 e. The van der Waals surface area contributed by atoms with Crippen LogP contribution in [0.1, 0.15) is 5.56 Å². The minimum atomic E-state index is 0.0142. The van der Waals surface area contributed by atoms with E-state index in [2.05, 4.69) is 4.98 Å². The Morgan fingerprint density at radius 1 is 1.14 bits per heavy atom. The topological polar surface area (TPSA) is 118 Å². The van der Waals surface area contributed by atoms with E-state index < -0.39 is 0 Å². The van der Waals surface area contributed by atoms with Gasteiger partial charge in [-0.2, -0.15) is 0 Å². The first-order valence-corrected chi connectivity index (χ1v) is 7.98. The first-order chi connectivity index (χ1) is 10.1. The van der Waals surface area contributed by atoms with E-state index in [0.29, 0.717) is 5.16 Å². The number of hydrogen-bond acceptors (Lipinski definition) is 5. The van der Waals surface area contributed by atoms with Crippen LogP contribution in [0.3, 0.4) is 0 Å². The van der Waals surface area contributed by atoms with E-state index in [9.17, 15) is 0 Å². The molecule has 8 heteroatoms. The number of aromatic nitrogens is 2. The molecule has 2 aromatic rings. The van der Waals surface area contributed by atoms with E-state index in [1.165, 1.54) is 17.3 Å². The molecule has 0 aliphatic rings. The zero-order chi connectivity index (χ0) is 15.2. The Kier molecular flexibility index (Phi) is 5.29. The van der Waals surface area contributed by atoms with Crippen LogP contribution in [0.15, 0.2) is 41.8 Å². The van der Waals surface area contributed by atoms with Crippen LogP contribution in [0.25, 0.3) is 5.69 Å². The van der Waals surface area contributed by atoms with Crippen LogP contribution in [-0.2, 0) is 6.42 Å². The maximum Gasteiger partial charge on any atom is 0.180 e. The molecule has 0 unspecified atom stereocenters. The quantitative estimate of drug-likeness (QED) is 0.382. The van der Waals surface area contributed by atoms with Gasteiger partial charge in [0.2, 0.25) is 0 Å². The Hall–Kier alpha value is -1.93. The van der Waals surface area contributed by atoms with Gasteiger partial charge in [0.05, 0.1) is 0 Å². The molecule has 0 saturated heterocycles. The SMILES string of the molecule is N=C(N)SCCc1ccc(-n2ccnc2SC(=N)N)cc1. The van der Waals surface area contributed by atoms with Crippen molar-refractivity contribution in [3.8, 4) is 5.69 Å². The molecule has 6 nitrogen and oxygen atoms in total. The number of thioether (sulfide) groups is 2. The van der Waals surface area contributed by atoms with Crippen molar-refractivity contribution in [2.75, 3.05) is 5.75 Å². The summed E-state index contributed by atoms with van der Waals surface area (Å²) in [6.45, 7) is 0. The second kappa shape index (κ2) is 7.19. The summed E-state index contributed by atoms with van der Waals surface area (Å²) in [5.74, 6) is 0.797. The summed E-state index contributed by atoms with van der Waals surface area (Å²) in [7, 11) is 0. The molecule has 1 aromatic carbocycles. The summed E-state index contributed by atoms with van der Waals surface area (Å²) in [6, 6.07) is 8.08. The molecular formula is C13H16N6S2. The van der Waals surface area contributed by atoms with Gasteiger partial charge in [0.1, 0.15) is 0 Å². The van der Waals surface area contributed by atoms with Crippen LogP contribution in [0.5, 0.6) is 0 Å². The molecular weight excluding hydrogens is 304 g/mol. The summed E-state index contributed by atoms with van der Waals surface area (Å²) in [5, 5.41) is 15.3. The predicted octanol–water partition coefficient (Wildman–Crippen LogP) is 2.03. The number of nitrogens with one attached hydrogen (secondary N) is 2. The van der Waals surface area contributed by atoms with Gasteiger partial charge in [0.25, 0.3) is 0 Å². The van der Waals surface area contributed by atoms with Crippen molar-refractivity contribution in [2.24, 2.45) is 11.5 Å². The standard InChI is InChI=1S/C13H16N6S2/c14-11(15)20-8-5-9-1-3-10(4-2-9)19-7-6-18-13(19)21-12(16)17/h1-4,6-7H,5,8H2,(H3,14,15)(H3,16,17). The molecule has 21 heavy (non-hydrogen) atoms. The van der Waals surface area contributed by atoms with E-state index in [-0.39, 0.29) is 10.3 Å². The van der Waals surface area contributed by atoms with E-state index in [0.717, 1.165) is 29.6 Å². The molecule has 0 spiro atoms. The first kappa shape index (κ1) is 15.5. The fourth-order valence-corrected chi connectivity index (χ4v) is 2.89. The van der Waals surface area contributed by atoms with Crippen molar-refractivity contribution in [2.45, 2.75) is 11.6 Å².